The standard InChI is InChI=1S/C28H26F2N4O2/c1-28(2,36)22-7-6-18(20-12-33(3)32-26(20)22)16-9-23(29)21(24(30)10-16)13-34-14-25-19(27(34)35)8-17(11-31-25)15-4-5-15/h6-12,15,36H,4-5,13-14H2,1-3H3. The number of aliphatic hydroxyl groups is 1. The van der Waals surface area contributed by atoms with Gasteiger partial charge in [-0.25, -0.2) is 8.78 Å². The van der Waals surface area contributed by atoms with E-state index in [2.05, 4.69) is 10.1 Å². The maximum atomic E-state index is 15.3. The fourth-order valence-electron chi connectivity index (χ4n) is 5.08. The van der Waals surface area contributed by atoms with Crippen LogP contribution in [-0.2, 0) is 25.7 Å². The van der Waals surface area contributed by atoms with Gasteiger partial charge < -0.3 is 10.0 Å². The Morgan fingerprint density at radius 1 is 1.11 bits per heavy atom. The van der Waals surface area contributed by atoms with Gasteiger partial charge in [0.05, 0.1) is 35.5 Å². The topological polar surface area (TPSA) is 71.2 Å². The second-order valence-electron chi connectivity index (χ2n) is 10.4. The van der Waals surface area contributed by atoms with E-state index in [4.69, 9.17) is 0 Å². The van der Waals surface area contributed by atoms with Gasteiger partial charge in [-0.15, -0.1) is 0 Å². The molecule has 8 heteroatoms. The van der Waals surface area contributed by atoms with Crippen LogP contribution in [0.4, 0.5) is 8.78 Å². The van der Waals surface area contributed by atoms with E-state index in [1.54, 1.807) is 43.9 Å². The maximum Gasteiger partial charge on any atom is 0.256 e. The molecule has 0 radical (unpaired) electrons. The normalized spacial score (nSPS) is 15.7. The monoisotopic (exact) mass is 488 g/mol. The zero-order chi connectivity index (χ0) is 25.4. The number of nitrogens with zero attached hydrogens (tertiary/aromatic N) is 4. The van der Waals surface area contributed by atoms with E-state index < -0.39 is 17.2 Å². The van der Waals surface area contributed by atoms with Gasteiger partial charge in [0, 0.05) is 36.0 Å². The van der Waals surface area contributed by atoms with Gasteiger partial charge in [0.1, 0.15) is 11.6 Å². The van der Waals surface area contributed by atoms with Crippen molar-refractivity contribution in [3.8, 4) is 11.1 Å². The number of benzene rings is 2. The molecule has 1 N–H and O–H groups in total. The Hall–Kier alpha value is -3.65. The number of carbonyl (C=O) groups is 1. The van der Waals surface area contributed by atoms with Gasteiger partial charge in [-0.1, -0.05) is 12.1 Å². The van der Waals surface area contributed by atoms with Crippen molar-refractivity contribution in [3.05, 3.63) is 82.3 Å². The molecule has 2 aromatic heterocycles. The molecule has 0 bridgehead atoms. The van der Waals surface area contributed by atoms with E-state index >= 15 is 8.78 Å². The fraction of sp³-hybridized carbons (Fsp3) is 0.321. The smallest absolute Gasteiger partial charge is 0.256 e. The zero-order valence-electron chi connectivity index (χ0n) is 20.3. The van der Waals surface area contributed by atoms with Crippen molar-refractivity contribution >= 4 is 16.8 Å². The highest BCUT2D eigenvalue weighted by Crippen LogP contribution is 2.41. The first kappa shape index (κ1) is 22.8. The molecule has 0 spiro atoms. The van der Waals surface area contributed by atoms with Gasteiger partial charge in [-0.3, -0.25) is 14.5 Å². The summed E-state index contributed by atoms with van der Waals surface area (Å²) in [4.78, 5) is 18.9. The molecule has 6 rings (SSSR count). The van der Waals surface area contributed by atoms with E-state index in [9.17, 15) is 9.90 Å². The quantitative estimate of drug-likeness (QED) is 0.421. The summed E-state index contributed by atoms with van der Waals surface area (Å²) in [5, 5.41) is 15.7. The third kappa shape index (κ3) is 3.76. The molecule has 0 unspecified atom stereocenters. The molecule has 3 heterocycles. The summed E-state index contributed by atoms with van der Waals surface area (Å²) in [6.45, 7) is 3.40. The van der Waals surface area contributed by atoms with Gasteiger partial charge in [0.2, 0.25) is 0 Å². The average molecular weight is 489 g/mol. The lowest BCUT2D eigenvalue weighted by Crippen LogP contribution is -2.24. The van der Waals surface area contributed by atoms with Gasteiger partial charge in [-0.05, 0) is 67.5 Å². The number of halogens is 2. The van der Waals surface area contributed by atoms with E-state index in [0.717, 1.165) is 18.4 Å². The summed E-state index contributed by atoms with van der Waals surface area (Å²) in [6.07, 6.45) is 5.79. The van der Waals surface area contributed by atoms with Crippen molar-refractivity contribution in [1.82, 2.24) is 19.7 Å². The summed E-state index contributed by atoms with van der Waals surface area (Å²) in [6, 6.07) is 7.95. The van der Waals surface area contributed by atoms with Crippen molar-refractivity contribution in [3.63, 3.8) is 0 Å². The highest BCUT2D eigenvalue weighted by atomic mass is 19.1. The molecule has 1 fully saturated rings. The minimum Gasteiger partial charge on any atom is -0.386 e. The first-order chi connectivity index (χ1) is 17.1. The Morgan fingerprint density at radius 3 is 2.50 bits per heavy atom. The predicted molar refractivity (Wildman–Crippen MR) is 131 cm³/mol. The number of amides is 1. The summed E-state index contributed by atoms with van der Waals surface area (Å²) in [7, 11) is 1.76. The molecular weight excluding hydrogens is 462 g/mol. The molecule has 0 atom stereocenters. The Bertz CT molecular complexity index is 1530. The molecule has 0 saturated heterocycles. The van der Waals surface area contributed by atoms with E-state index in [0.29, 0.717) is 44.8 Å². The Balaban J connectivity index is 1.33. The van der Waals surface area contributed by atoms with Crippen LogP contribution in [0.5, 0.6) is 0 Å². The first-order valence-corrected chi connectivity index (χ1v) is 12.1. The number of carbonyl (C=O) groups excluding carboxylic acids is 1. The van der Waals surface area contributed by atoms with Crippen molar-refractivity contribution < 1.29 is 18.7 Å². The maximum absolute atomic E-state index is 15.3. The van der Waals surface area contributed by atoms with Crippen LogP contribution in [0.3, 0.4) is 0 Å². The van der Waals surface area contributed by atoms with Crippen LogP contribution in [0.2, 0.25) is 0 Å². The molecule has 36 heavy (non-hydrogen) atoms. The number of hydrogen-bond acceptors (Lipinski definition) is 4. The average Bonchev–Trinajstić information content (AvgIpc) is 3.52. The van der Waals surface area contributed by atoms with Crippen LogP contribution in [0, 0.1) is 11.6 Å². The summed E-state index contributed by atoms with van der Waals surface area (Å²) < 4.78 is 32.2. The van der Waals surface area contributed by atoms with Crippen LogP contribution in [0.25, 0.3) is 22.0 Å². The summed E-state index contributed by atoms with van der Waals surface area (Å²) >= 11 is 0. The van der Waals surface area contributed by atoms with Crippen LogP contribution in [0.15, 0.2) is 42.7 Å². The summed E-state index contributed by atoms with van der Waals surface area (Å²) in [5.74, 6) is -1.22. The van der Waals surface area contributed by atoms with Crippen molar-refractivity contribution in [2.75, 3.05) is 0 Å². The largest absolute Gasteiger partial charge is 0.386 e. The molecule has 1 aliphatic carbocycles. The van der Waals surface area contributed by atoms with E-state index in [1.807, 2.05) is 12.3 Å². The SMILES string of the molecule is Cn1cc2c(-c3cc(F)c(CN4Cc5ncc(C6CC6)cc5C4=O)c(F)c3)ccc(C(C)(C)O)c2n1. The minimum absolute atomic E-state index is 0.155. The molecule has 2 aliphatic rings. The van der Waals surface area contributed by atoms with Crippen molar-refractivity contribution in [2.45, 2.75) is 51.3 Å². The van der Waals surface area contributed by atoms with Gasteiger partial charge in [-0.2, -0.15) is 5.10 Å². The molecule has 1 amide bonds. The Kier molecular flexibility index (Phi) is 5.02. The van der Waals surface area contributed by atoms with Gasteiger partial charge in [0.15, 0.2) is 0 Å². The molecular formula is C28H26F2N4O2. The second-order valence-corrected chi connectivity index (χ2v) is 10.4. The molecule has 1 aliphatic heterocycles. The molecule has 6 nitrogen and oxygen atoms in total. The minimum atomic E-state index is -1.13. The lowest BCUT2D eigenvalue weighted by atomic mass is 9.91. The first-order valence-electron chi connectivity index (χ1n) is 12.1. The second kappa shape index (κ2) is 7.93. The highest BCUT2D eigenvalue weighted by Gasteiger charge is 2.33. The lowest BCUT2D eigenvalue weighted by Gasteiger charge is -2.19. The zero-order valence-corrected chi connectivity index (χ0v) is 20.3. The van der Waals surface area contributed by atoms with Crippen LogP contribution >= 0.6 is 0 Å². The predicted octanol–water partition coefficient (Wildman–Crippen LogP) is 5.17. The number of aromatic nitrogens is 3. The fourth-order valence-corrected chi connectivity index (χ4v) is 5.08. The van der Waals surface area contributed by atoms with Gasteiger partial charge >= 0.3 is 0 Å². The number of rotatable bonds is 5. The van der Waals surface area contributed by atoms with Crippen molar-refractivity contribution in [1.29, 1.82) is 0 Å². The Morgan fingerprint density at radius 2 is 1.83 bits per heavy atom. The lowest BCUT2D eigenvalue weighted by molar-refractivity contribution is 0.0762. The number of hydrogen-bond donors (Lipinski definition) is 1. The molecule has 4 aromatic rings. The molecule has 184 valence electrons. The van der Waals surface area contributed by atoms with Crippen LogP contribution < -0.4 is 0 Å². The molecule has 2 aromatic carbocycles. The van der Waals surface area contributed by atoms with E-state index in [-0.39, 0.29) is 24.6 Å². The van der Waals surface area contributed by atoms with Crippen LogP contribution in [0.1, 0.15) is 65.3 Å². The van der Waals surface area contributed by atoms with Crippen molar-refractivity contribution in [2.24, 2.45) is 7.05 Å². The third-order valence-corrected chi connectivity index (χ3v) is 7.15. The third-order valence-electron chi connectivity index (χ3n) is 7.15. The molecule has 1 saturated carbocycles. The number of aryl methyl sites for hydroxylation is 1. The number of pyridine rings is 1. The number of fused-ring (bicyclic) bond motifs is 2. The van der Waals surface area contributed by atoms with Crippen LogP contribution in [-0.4, -0.2) is 30.7 Å². The Labute approximate surface area is 207 Å². The van der Waals surface area contributed by atoms with Gasteiger partial charge in [0.25, 0.3) is 5.91 Å². The highest BCUT2D eigenvalue weighted by molar-refractivity contribution is 5.98. The summed E-state index contributed by atoms with van der Waals surface area (Å²) in [5.41, 5.74) is 3.13. The van der Waals surface area contributed by atoms with E-state index in [1.165, 1.54) is 17.0 Å².